The van der Waals surface area contributed by atoms with Crippen molar-refractivity contribution < 1.29 is 14.7 Å². The number of halogens is 2. The van der Waals surface area contributed by atoms with Crippen molar-refractivity contribution in [2.75, 3.05) is 5.32 Å². The van der Waals surface area contributed by atoms with E-state index in [0.29, 0.717) is 27.6 Å². The van der Waals surface area contributed by atoms with Crippen LogP contribution < -0.4 is 5.32 Å². The highest BCUT2D eigenvalue weighted by molar-refractivity contribution is 6.35. The molecule has 5 rings (SSSR count). The molecule has 120 valence electrons. The Labute approximate surface area is 143 Å². The molecule has 0 saturated heterocycles. The molecule has 1 aromatic carbocycles. The number of rotatable bonds is 3. The lowest BCUT2D eigenvalue weighted by molar-refractivity contribution is -0.152. The van der Waals surface area contributed by atoms with Crippen molar-refractivity contribution in [3.8, 4) is 0 Å². The molecule has 0 aliphatic heterocycles. The zero-order chi connectivity index (χ0) is 16.3. The summed E-state index contributed by atoms with van der Waals surface area (Å²) in [6.07, 6.45) is 5.05. The van der Waals surface area contributed by atoms with Crippen LogP contribution in [0.3, 0.4) is 0 Å². The summed E-state index contributed by atoms with van der Waals surface area (Å²) in [5.41, 5.74) is 0.422. The summed E-state index contributed by atoms with van der Waals surface area (Å²) in [6.45, 7) is 0. The molecule has 23 heavy (non-hydrogen) atoms. The summed E-state index contributed by atoms with van der Waals surface area (Å²) in [5, 5.41) is 13.2. The van der Waals surface area contributed by atoms with Crippen LogP contribution in [0.5, 0.6) is 0 Å². The van der Waals surface area contributed by atoms with Gasteiger partial charge in [0.05, 0.1) is 22.5 Å². The zero-order valence-corrected chi connectivity index (χ0v) is 13.6. The third kappa shape index (κ3) is 2.36. The molecule has 0 spiro atoms. The molecule has 4 aliphatic rings. The van der Waals surface area contributed by atoms with Gasteiger partial charge in [0, 0.05) is 5.02 Å². The fourth-order valence-corrected chi connectivity index (χ4v) is 4.72. The predicted octanol–water partition coefficient (Wildman–Crippen LogP) is 3.70. The Morgan fingerprint density at radius 3 is 2.39 bits per heavy atom. The molecule has 2 fully saturated rings. The minimum absolute atomic E-state index is 0.00376. The summed E-state index contributed by atoms with van der Waals surface area (Å²) < 4.78 is 0. The molecule has 2 bridgehead atoms. The molecule has 6 atom stereocenters. The maximum absolute atomic E-state index is 12.8. The summed E-state index contributed by atoms with van der Waals surface area (Å²) in [4.78, 5) is 24.5. The van der Waals surface area contributed by atoms with Crippen LogP contribution in [0.1, 0.15) is 6.42 Å². The first kappa shape index (κ1) is 15.0. The van der Waals surface area contributed by atoms with Crippen LogP contribution in [0.2, 0.25) is 10.0 Å². The molecule has 1 aromatic rings. The normalized spacial score (nSPS) is 36.4. The molecular weight excluding hydrogens is 337 g/mol. The standard InChI is InChI=1S/C17H15Cl2NO3/c18-7-1-4-12(19)13(5-7)20-16(21)14-8-2-3-9(11-6-10(8)11)15(14)17(22)23/h1-5,8-11,14-15H,6H2,(H,20,21)(H,22,23)/t8-,9-,10-,11+,14+,15+/m0/s1. The smallest absolute Gasteiger partial charge is 0.307 e. The number of hydrogen-bond acceptors (Lipinski definition) is 2. The van der Waals surface area contributed by atoms with Gasteiger partial charge in [0.15, 0.2) is 0 Å². The Hall–Kier alpha value is -1.52. The maximum atomic E-state index is 12.8. The Morgan fingerprint density at radius 2 is 1.74 bits per heavy atom. The Morgan fingerprint density at radius 1 is 1.09 bits per heavy atom. The van der Waals surface area contributed by atoms with E-state index in [1.165, 1.54) is 0 Å². The summed E-state index contributed by atoms with van der Waals surface area (Å²) in [5.74, 6) is -1.54. The number of nitrogens with one attached hydrogen (secondary N) is 1. The fraction of sp³-hybridized carbons (Fsp3) is 0.412. The van der Waals surface area contributed by atoms with E-state index in [1.54, 1.807) is 18.2 Å². The highest BCUT2D eigenvalue weighted by atomic mass is 35.5. The van der Waals surface area contributed by atoms with E-state index in [-0.39, 0.29) is 17.7 Å². The van der Waals surface area contributed by atoms with Gasteiger partial charge in [-0.15, -0.1) is 0 Å². The topological polar surface area (TPSA) is 66.4 Å². The van der Waals surface area contributed by atoms with Crippen molar-refractivity contribution in [2.24, 2.45) is 35.5 Å². The van der Waals surface area contributed by atoms with Gasteiger partial charge < -0.3 is 10.4 Å². The number of carbonyl (C=O) groups excluding carboxylic acids is 1. The second-order valence-corrected chi connectivity index (χ2v) is 7.45. The molecule has 0 heterocycles. The number of amides is 1. The molecule has 0 radical (unpaired) electrons. The first-order chi connectivity index (χ1) is 11.0. The lowest BCUT2D eigenvalue weighted by Gasteiger charge is -2.41. The van der Waals surface area contributed by atoms with Gasteiger partial charge in [-0.25, -0.2) is 0 Å². The average Bonchev–Trinajstić information content (AvgIpc) is 3.32. The quantitative estimate of drug-likeness (QED) is 0.816. The summed E-state index contributed by atoms with van der Waals surface area (Å²) in [6, 6.07) is 4.83. The lowest BCUT2D eigenvalue weighted by atomic mass is 9.62. The van der Waals surface area contributed by atoms with Crippen molar-refractivity contribution in [3.63, 3.8) is 0 Å². The summed E-state index contributed by atoms with van der Waals surface area (Å²) >= 11 is 12.0. The van der Waals surface area contributed by atoms with Gasteiger partial charge >= 0.3 is 5.97 Å². The third-order valence-corrected chi connectivity index (χ3v) is 5.99. The number of carboxylic acids is 1. The number of anilines is 1. The van der Waals surface area contributed by atoms with Crippen LogP contribution in [0.4, 0.5) is 5.69 Å². The van der Waals surface area contributed by atoms with E-state index in [4.69, 9.17) is 23.2 Å². The second kappa shape index (κ2) is 5.25. The van der Waals surface area contributed by atoms with E-state index >= 15 is 0 Å². The number of aliphatic carboxylic acids is 1. The largest absolute Gasteiger partial charge is 0.481 e. The number of hydrogen-bond donors (Lipinski definition) is 2. The van der Waals surface area contributed by atoms with Gasteiger partial charge in [0.2, 0.25) is 5.91 Å². The Balaban J connectivity index is 1.63. The second-order valence-electron chi connectivity index (χ2n) is 6.61. The van der Waals surface area contributed by atoms with Gasteiger partial charge in [-0.3, -0.25) is 9.59 Å². The van der Waals surface area contributed by atoms with Gasteiger partial charge in [-0.1, -0.05) is 35.4 Å². The number of allylic oxidation sites excluding steroid dienone is 2. The van der Waals surface area contributed by atoms with Crippen LogP contribution >= 0.6 is 23.2 Å². The summed E-state index contributed by atoms with van der Waals surface area (Å²) in [7, 11) is 0. The van der Waals surface area contributed by atoms with Crippen LogP contribution in [0, 0.1) is 35.5 Å². The van der Waals surface area contributed by atoms with Gasteiger partial charge in [-0.2, -0.15) is 0 Å². The first-order valence-electron chi connectivity index (χ1n) is 7.64. The van der Waals surface area contributed by atoms with E-state index in [0.717, 1.165) is 6.42 Å². The van der Waals surface area contributed by atoms with Crippen molar-refractivity contribution >= 4 is 40.8 Å². The Kier molecular flexibility index (Phi) is 3.43. The molecule has 0 unspecified atom stereocenters. The lowest BCUT2D eigenvalue weighted by Crippen LogP contribution is -2.48. The maximum Gasteiger partial charge on any atom is 0.307 e. The van der Waals surface area contributed by atoms with Crippen LogP contribution in [0.25, 0.3) is 0 Å². The van der Waals surface area contributed by atoms with Gasteiger partial charge in [-0.05, 0) is 48.3 Å². The van der Waals surface area contributed by atoms with E-state index in [9.17, 15) is 14.7 Å². The molecule has 4 aliphatic carbocycles. The number of carboxylic acid groups (broad SMARTS) is 1. The SMILES string of the molecule is O=C(O)[C@@H]1[C@H]2C=C[C@@H]([C@@H]3C[C@H]23)[C@H]1C(=O)Nc1cc(Cl)ccc1Cl. The Bertz CT molecular complexity index is 733. The molecule has 2 N–H and O–H groups in total. The highest BCUT2D eigenvalue weighted by Crippen LogP contribution is 2.63. The predicted molar refractivity (Wildman–Crippen MR) is 87.4 cm³/mol. The molecule has 4 nitrogen and oxygen atoms in total. The monoisotopic (exact) mass is 351 g/mol. The number of carbonyl (C=O) groups is 2. The zero-order valence-electron chi connectivity index (χ0n) is 12.1. The highest BCUT2D eigenvalue weighted by Gasteiger charge is 2.62. The first-order valence-corrected chi connectivity index (χ1v) is 8.40. The number of fused-ring (bicyclic) bond motifs is 1. The third-order valence-electron chi connectivity index (χ3n) is 5.43. The van der Waals surface area contributed by atoms with Crippen LogP contribution in [0.15, 0.2) is 30.4 Å². The molecular formula is C17H15Cl2NO3. The van der Waals surface area contributed by atoms with Gasteiger partial charge in [0.1, 0.15) is 0 Å². The van der Waals surface area contributed by atoms with Crippen LogP contribution in [-0.4, -0.2) is 17.0 Å². The number of benzene rings is 1. The minimum Gasteiger partial charge on any atom is -0.481 e. The molecule has 1 amide bonds. The fourth-order valence-electron chi connectivity index (χ4n) is 4.38. The molecule has 2 saturated carbocycles. The minimum atomic E-state index is -0.896. The van der Waals surface area contributed by atoms with Crippen molar-refractivity contribution in [2.45, 2.75) is 6.42 Å². The molecule has 0 aromatic heterocycles. The van der Waals surface area contributed by atoms with E-state index < -0.39 is 17.8 Å². The van der Waals surface area contributed by atoms with E-state index in [2.05, 4.69) is 5.32 Å². The molecule has 6 heteroatoms. The van der Waals surface area contributed by atoms with Crippen LogP contribution in [-0.2, 0) is 9.59 Å². The average molecular weight is 352 g/mol. The van der Waals surface area contributed by atoms with Gasteiger partial charge in [0.25, 0.3) is 0 Å². The van der Waals surface area contributed by atoms with Crippen molar-refractivity contribution in [1.82, 2.24) is 0 Å². The van der Waals surface area contributed by atoms with E-state index in [1.807, 2.05) is 12.2 Å². The van der Waals surface area contributed by atoms with Crippen molar-refractivity contribution in [1.29, 1.82) is 0 Å². The van der Waals surface area contributed by atoms with Crippen molar-refractivity contribution in [3.05, 3.63) is 40.4 Å².